The Morgan fingerprint density at radius 3 is 2.35 bits per heavy atom. The van der Waals surface area contributed by atoms with Crippen molar-refractivity contribution in [2.24, 2.45) is 0 Å². The third-order valence-electron chi connectivity index (χ3n) is 4.40. The van der Waals surface area contributed by atoms with Crippen molar-refractivity contribution in [1.29, 1.82) is 0 Å². The maximum absolute atomic E-state index is 12.5. The largest absolute Gasteiger partial charge is 0.497 e. The summed E-state index contributed by atoms with van der Waals surface area (Å²) in [5.74, 6) is 2.02. The SMILES string of the molecule is COc1ccc(S(=O)(=O)NCC(C)(C)c2ccc3c(c2)OCCO3)cc1. The summed E-state index contributed by atoms with van der Waals surface area (Å²) in [6.07, 6.45) is 0. The Morgan fingerprint density at radius 1 is 1.04 bits per heavy atom. The minimum absolute atomic E-state index is 0.205. The molecule has 1 N–H and O–H groups in total. The van der Waals surface area contributed by atoms with Crippen molar-refractivity contribution in [3.63, 3.8) is 0 Å². The summed E-state index contributed by atoms with van der Waals surface area (Å²) in [6, 6.07) is 12.0. The molecule has 0 radical (unpaired) electrons. The van der Waals surface area contributed by atoms with Gasteiger partial charge in [0.15, 0.2) is 11.5 Å². The van der Waals surface area contributed by atoms with Crippen LogP contribution in [0.4, 0.5) is 0 Å². The lowest BCUT2D eigenvalue weighted by molar-refractivity contribution is 0.171. The zero-order valence-corrected chi connectivity index (χ0v) is 15.9. The minimum atomic E-state index is -3.61. The van der Waals surface area contributed by atoms with E-state index in [0.717, 1.165) is 11.3 Å². The van der Waals surface area contributed by atoms with E-state index in [0.29, 0.717) is 24.7 Å². The molecule has 1 aliphatic rings. The molecule has 140 valence electrons. The summed E-state index contributed by atoms with van der Waals surface area (Å²) in [5.41, 5.74) is 0.550. The molecular weight excluding hydrogens is 354 g/mol. The molecule has 0 aromatic heterocycles. The standard InChI is InChI=1S/C19H23NO5S/c1-19(2,14-4-9-17-18(12-14)25-11-10-24-17)13-20-26(21,22)16-7-5-15(23-3)6-8-16/h4-9,12,20H,10-11,13H2,1-3H3. The van der Waals surface area contributed by atoms with E-state index >= 15 is 0 Å². The molecule has 2 aromatic rings. The Morgan fingerprint density at radius 2 is 1.69 bits per heavy atom. The third kappa shape index (κ3) is 3.94. The molecule has 26 heavy (non-hydrogen) atoms. The van der Waals surface area contributed by atoms with Crippen LogP contribution < -0.4 is 18.9 Å². The molecule has 3 rings (SSSR count). The molecule has 0 bridgehead atoms. The molecule has 0 unspecified atom stereocenters. The quantitative estimate of drug-likeness (QED) is 0.838. The molecular formula is C19H23NO5S. The molecule has 0 fully saturated rings. The van der Waals surface area contributed by atoms with Crippen LogP contribution in [0.2, 0.25) is 0 Å². The van der Waals surface area contributed by atoms with Crippen molar-refractivity contribution in [2.45, 2.75) is 24.2 Å². The molecule has 0 amide bonds. The second-order valence-electron chi connectivity index (χ2n) is 6.74. The summed E-state index contributed by atoms with van der Waals surface area (Å²) in [7, 11) is -2.07. The third-order valence-corrected chi connectivity index (χ3v) is 5.81. The van der Waals surface area contributed by atoms with Crippen LogP contribution in [-0.2, 0) is 15.4 Å². The first-order chi connectivity index (χ1) is 12.3. The fourth-order valence-corrected chi connectivity index (χ4v) is 3.89. The second-order valence-corrected chi connectivity index (χ2v) is 8.51. The number of benzene rings is 2. The zero-order valence-electron chi connectivity index (χ0n) is 15.1. The number of sulfonamides is 1. The van der Waals surface area contributed by atoms with Crippen molar-refractivity contribution in [3.05, 3.63) is 48.0 Å². The van der Waals surface area contributed by atoms with E-state index in [4.69, 9.17) is 14.2 Å². The number of hydrogen-bond donors (Lipinski definition) is 1. The maximum atomic E-state index is 12.5. The number of hydrogen-bond acceptors (Lipinski definition) is 5. The number of fused-ring (bicyclic) bond motifs is 1. The Labute approximate surface area is 154 Å². The van der Waals surface area contributed by atoms with Crippen molar-refractivity contribution in [3.8, 4) is 17.2 Å². The highest BCUT2D eigenvalue weighted by molar-refractivity contribution is 7.89. The van der Waals surface area contributed by atoms with Crippen LogP contribution in [0, 0.1) is 0 Å². The predicted octanol–water partition coefficient (Wildman–Crippen LogP) is 2.72. The average molecular weight is 377 g/mol. The molecule has 7 heteroatoms. The first-order valence-electron chi connectivity index (χ1n) is 8.36. The molecule has 0 aliphatic carbocycles. The van der Waals surface area contributed by atoms with Gasteiger partial charge < -0.3 is 14.2 Å². The van der Waals surface area contributed by atoms with Crippen LogP contribution in [0.1, 0.15) is 19.4 Å². The van der Waals surface area contributed by atoms with Crippen molar-refractivity contribution in [2.75, 3.05) is 26.9 Å². The maximum Gasteiger partial charge on any atom is 0.240 e. The zero-order chi connectivity index (χ0) is 18.8. The normalized spacial score (nSPS) is 14.1. The van der Waals surface area contributed by atoms with Gasteiger partial charge in [0, 0.05) is 12.0 Å². The lowest BCUT2D eigenvalue weighted by atomic mass is 9.84. The molecule has 2 aromatic carbocycles. The lowest BCUT2D eigenvalue weighted by Gasteiger charge is -2.27. The number of rotatable bonds is 6. The first-order valence-corrected chi connectivity index (χ1v) is 9.84. The topological polar surface area (TPSA) is 73.9 Å². The summed E-state index contributed by atoms with van der Waals surface area (Å²) < 4.78 is 44.0. The number of ether oxygens (including phenoxy) is 3. The van der Waals surface area contributed by atoms with Crippen molar-refractivity contribution in [1.82, 2.24) is 4.72 Å². The first kappa shape index (κ1) is 18.5. The summed E-state index contributed by atoms with van der Waals surface area (Å²) in [5, 5.41) is 0. The van der Waals surface area contributed by atoms with Gasteiger partial charge in [-0.05, 0) is 42.0 Å². The number of methoxy groups -OCH3 is 1. The van der Waals surface area contributed by atoms with Gasteiger partial charge >= 0.3 is 0 Å². The van der Waals surface area contributed by atoms with Gasteiger partial charge in [-0.1, -0.05) is 19.9 Å². The van der Waals surface area contributed by atoms with Crippen LogP contribution in [0.25, 0.3) is 0 Å². The van der Waals surface area contributed by atoms with Gasteiger partial charge in [0.2, 0.25) is 10.0 Å². The van der Waals surface area contributed by atoms with Crippen LogP contribution in [0.3, 0.4) is 0 Å². The van der Waals surface area contributed by atoms with Crippen LogP contribution in [0.5, 0.6) is 17.2 Å². The second kappa shape index (κ2) is 7.17. The van der Waals surface area contributed by atoms with E-state index in [1.165, 1.54) is 19.2 Å². The number of nitrogens with one attached hydrogen (secondary N) is 1. The van der Waals surface area contributed by atoms with Gasteiger partial charge in [-0.2, -0.15) is 0 Å². The molecule has 0 saturated carbocycles. The fourth-order valence-electron chi connectivity index (χ4n) is 2.68. The van der Waals surface area contributed by atoms with Gasteiger partial charge in [0.1, 0.15) is 19.0 Å². The van der Waals surface area contributed by atoms with E-state index in [9.17, 15) is 8.42 Å². The molecule has 0 saturated heterocycles. The average Bonchev–Trinajstić information content (AvgIpc) is 2.66. The molecule has 6 nitrogen and oxygen atoms in total. The van der Waals surface area contributed by atoms with Gasteiger partial charge in [0.25, 0.3) is 0 Å². The van der Waals surface area contributed by atoms with E-state index in [1.54, 1.807) is 12.1 Å². The van der Waals surface area contributed by atoms with Crippen LogP contribution >= 0.6 is 0 Å². The van der Waals surface area contributed by atoms with Crippen LogP contribution in [-0.4, -0.2) is 35.3 Å². The molecule has 1 heterocycles. The van der Waals surface area contributed by atoms with Gasteiger partial charge in [-0.25, -0.2) is 13.1 Å². The fraction of sp³-hybridized carbons (Fsp3) is 0.368. The smallest absolute Gasteiger partial charge is 0.240 e. The molecule has 1 aliphatic heterocycles. The highest BCUT2D eigenvalue weighted by Crippen LogP contribution is 2.35. The van der Waals surface area contributed by atoms with Gasteiger partial charge in [-0.3, -0.25) is 0 Å². The summed E-state index contributed by atoms with van der Waals surface area (Å²) in [6.45, 7) is 5.27. The van der Waals surface area contributed by atoms with Crippen molar-refractivity contribution < 1.29 is 22.6 Å². The summed E-state index contributed by atoms with van der Waals surface area (Å²) in [4.78, 5) is 0.205. The molecule has 0 spiro atoms. The van der Waals surface area contributed by atoms with E-state index in [1.807, 2.05) is 32.0 Å². The van der Waals surface area contributed by atoms with Gasteiger partial charge in [-0.15, -0.1) is 0 Å². The lowest BCUT2D eigenvalue weighted by Crippen LogP contribution is -2.36. The highest BCUT2D eigenvalue weighted by Gasteiger charge is 2.26. The monoisotopic (exact) mass is 377 g/mol. The Bertz CT molecular complexity index is 875. The molecule has 0 atom stereocenters. The van der Waals surface area contributed by atoms with Crippen LogP contribution in [0.15, 0.2) is 47.4 Å². The van der Waals surface area contributed by atoms with Gasteiger partial charge in [0.05, 0.1) is 12.0 Å². The Hall–Kier alpha value is -2.25. The van der Waals surface area contributed by atoms with E-state index < -0.39 is 15.4 Å². The Kier molecular flexibility index (Phi) is 5.11. The summed E-state index contributed by atoms with van der Waals surface area (Å²) >= 11 is 0. The van der Waals surface area contributed by atoms with E-state index in [2.05, 4.69) is 4.72 Å². The highest BCUT2D eigenvalue weighted by atomic mass is 32.2. The minimum Gasteiger partial charge on any atom is -0.497 e. The Balaban J connectivity index is 1.74. The predicted molar refractivity (Wildman–Crippen MR) is 98.6 cm³/mol. The van der Waals surface area contributed by atoms with E-state index in [-0.39, 0.29) is 11.4 Å². The van der Waals surface area contributed by atoms with Crippen molar-refractivity contribution >= 4 is 10.0 Å².